The summed E-state index contributed by atoms with van der Waals surface area (Å²) in [6, 6.07) is 4.69. The van der Waals surface area contributed by atoms with E-state index >= 15 is 0 Å². The van der Waals surface area contributed by atoms with Gasteiger partial charge in [0.05, 0.1) is 23.5 Å². The number of H-pyrrole nitrogens is 1. The summed E-state index contributed by atoms with van der Waals surface area (Å²) in [6.07, 6.45) is 3.09. The van der Waals surface area contributed by atoms with Gasteiger partial charge in [-0.2, -0.15) is 5.10 Å². The number of nitrogens with zero attached hydrogens (tertiary/aromatic N) is 2. The molecule has 0 unspecified atom stereocenters. The Morgan fingerprint density at radius 3 is 3.00 bits per heavy atom. The fourth-order valence-corrected chi connectivity index (χ4v) is 2.51. The van der Waals surface area contributed by atoms with Crippen molar-refractivity contribution in [3.05, 3.63) is 42.0 Å². The molecule has 2 aromatic rings. The van der Waals surface area contributed by atoms with E-state index in [0.717, 1.165) is 5.56 Å². The summed E-state index contributed by atoms with van der Waals surface area (Å²) in [5.41, 5.74) is 1.54. The Morgan fingerprint density at radius 2 is 2.32 bits per heavy atom. The van der Waals surface area contributed by atoms with E-state index < -0.39 is 11.7 Å². The summed E-state index contributed by atoms with van der Waals surface area (Å²) in [7, 11) is 0. The summed E-state index contributed by atoms with van der Waals surface area (Å²) in [6.45, 7) is 1.95. The number of aromatic nitrogens is 2. The summed E-state index contributed by atoms with van der Waals surface area (Å²) in [4.78, 5) is 25.6. The van der Waals surface area contributed by atoms with E-state index in [-0.39, 0.29) is 30.5 Å². The first-order chi connectivity index (χ1) is 10.5. The average molecular weight is 302 g/mol. The number of aryl methyl sites for hydroxylation is 1. The van der Waals surface area contributed by atoms with Crippen LogP contribution in [0.25, 0.3) is 0 Å². The van der Waals surface area contributed by atoms with Gasteiger partial charge < -0.3 is 10.2 Å². The van der Waals surface area contributed by atoms with Crippen LogP contribution in [0.5, 0.6) is 0 Å². The first-order valence-corrected chi connectivity index (χ1v) is 6.91. The second-order valence-electron chi connectivity index (χ2n) is 5.34. The third kappa shape index (κ3) is 2.69. The smallest absolute Gasteiger partial charge is 0.229 e. The van der Waals surface area contributed by atoms with Crippen LogP contribution in [0.15, 0.2) is 30.6 Å². The van der Waals surface area contributed by atoms with Gasteiger partial charge in [-0.3, -0.25) is 14.7 Å². The zero-order chi connectivity index (χ0) is 15.7. The third-order valence-electron chi connectivity index (χ3n) is 3.66. The fraction of sp³-hybridized carbons (Fsp3) is 0.267. The molecule has 114 valence electrons. The third-order valence-corrected chi connectivity index (χ3v) is 3.66. The highest BCUT2D eigenvalue weighted by Crippen LogP contribution is 2.28. The van der Waals surface area contributed by atoms with Gasteiger partial charge in [0.15, 0.2) is 0 Å². The van der Waals surface area contributed by atoms with Gasteiger partial charge in [0, 0.05) is 19.2 Å². The zero-order valence-electron chi connectivity index (χ0n) is 12.0. The molecule has 1 saturated heterocycles. The number of hydrogen-bond donors (Lipinski definition) is 2. The molecule has 22 heavy (non-hydrogen) atoms. The van der Waals surface area contributed by atoms with Crippen molar-refractivity contribution in [2.45, 2.75) is 13.3 Å². The van der Waals surface area contributed by atoms with Crippen LogP contribution < -0.4 is 10.2 Å². The number of anilines is 2. The summed E-state index contributed by atoms with van der Waals surface area (Å²) >= 11 is 0. The van der Waals surface area contributed by atoms with Crippen LogP contribution in [0.4, 0.5) is 15.8 Å². The van der Waals surface area contributed by atoms with Gasteiger partial charge in [0.1, 0.15) is 5.82 Å². The average Bonchev–Trinajstić information content (AvgIpc) is 3.09. The second-order valence-corrected chi connectivity index (χ2v) is 5.34. The van der Waals surface area contributed by atoms with Gasteiger partial charge in [-0.05, 0) is 24.6 Å². The van der Waals surface area contributed by atoms with E-state index in [1.54, 1.807) is 25.3 Å². The minimum Gasteiger partial charge on any atom is -0.323 e. The Labute approximate surface area is 126 Å². The molecular weight excluding hydrogens is 287 g/mol. The van der Waals surface area contributed by atoms with Crippen LogP contribution in [0.2, 0.25) is 0 Å². The van der Waals surface area contributed by atoms with Gasteiger partial charge in [-0.1, -0.05) is 6.07 Å². The first-order valence-electron chi connectivity index (χ1n) is 6.91. The standard InChI is InChI=1S/C15H15FN4O2/c1-9-2-3-13(12(16)4-9)20-8-10(5-14(20)21)15(22)19-11-6-17-18-7-11/h2-4,6-7,10H,5,8H2,1H3,(H,17,18)(H,19,22)/t10-/m1/s1. The van der Waals surface area contributed by atoms with Crippen LogP contribution in [-0.2, 0) is 9.59 Å². The summed E-state index contributed by atoms with van der Waals surface area (Å²) in [5, 5.41) is 9.00. The maximum atomic E-state index is 14.0. The molecule has 1 aromatic carbocycles. The molecule has 2 amide bonds. The highest BCUT2D eigenvalue weighted by Gasteiger charge is 2.36. The Morgan fingerprint density at radius 1 is 1.50 bits per heavy atom. The van der Waals surface area contributed by atoms with Crippen molar-refractivity contribution in [3.63, 3.8) is 0 Å². The molecule has 7 heteroatoms. The van der Waals surface area contributed by atoms with Crippen LogP contribution >= 0.6 is 0 Å². The number of rotatable bonds is 3. The van der Waals surface area contributed by atoms with E-state index in [0.29, 0.717) is 5.69 Å². The number of halogens is 1. The van der Waals surface area contributed by atoms with Gasteiger partial charge >= 0.3 is 0 Å². The van der Waals surface area contributed by atoms with Crippen LogP contribution in [0.1, 0.15) is 12.0 Å². The molecule has 1 aromatic heterocycles. The van der Waals surface area contributed by atoms with Crippen molar-refractivity contribution in [1.82, 2.24) is 10.2 Å². The van der Waals surface area contributed by atoms with E-state index in [2.05, 4.69) is 15.5 Å². The van der Waals surface area contributed by atoms with Crippen molar-refractivity contribution in [3.8, 4) is 0 Å². The molecule has 2 N–H and O–H groups in total. The molecule has 3 rings (SSSR count). The van der Waals surface area contributed by atoms with Crippen molar-refractivity contribution in [2.75, 3.05) is 16.8 Å². The molecule has 0 radical (unpaired) electrons. The predicted octanol–water partition coefficient (Wildman–Crippen LogP) is 1.85. The lowest BCUT2D eigenvalue weighted by atomic mass is 10.1. The number of carbonyl (C=O) groups excluding carboxylic acids is 2. The molecule has 1 aliphatic heterocycles. The molecule has 1 atom stereocenters. The SMILES string of the molecule is Cc1ccc(N2C[C@H](C(=O)Nc3cn[nH]c3)CC2=O)c(F)c1. The number of amides is 2. The number of aromatic amines is 1. The van der Waals surface area contributed by atoms with Crippen molar-refractivity contribution < 1.29 is 14.0 Å². The lowest BCUT2D eigenvalue weighted by Gasteiger charge is -2.17. The maximum Gasteiger partial charge on any atom is 0.229 e. The monoisotopic (exact) mass is 302 g/mol. The minimum atomic E-state index is -0.511. The minimum absolute atomic E-state index is 0.0665. The first kappa shape index (κ1) is 14.2. The maximum absolute atomic E-state index is 14.0. The second kappa shape index (κ2) is 5.59. The molecule has 6 nitrogen and oxygen atoms in total. The highest BCUT2D eigenvalue weighted by molar-refractivity contribution is 6.03. The zero-order valence-corrected chi connectivity index (χ0v) is 12.0. The topological polar surface area (TPSA) is 78.1 Å². The van der Waals surface area contributed by atoms with Crippen molar-refractivity contribution >= 4 is 23.2 Å². The normalized spacial score (nSPS) is 17.8. The lowest BCUT2D eigenvalue weighted by Crippen LogP contribution is -2.28. The van der Waals surface area contributed by atoms with Crippen molar-refractivity contribution in [1.29, 1.82) is 0 Å². The fourth-order valence-electron chi connectivity index (χ4n) is 2.51. The van der Waals surface area contributed by atoms with Gasteiger partial charge in [0.25, 0.3) is 0 Å². The lowest BCUT2D eigenvalue weighted by molar-refractivity contribution is -0.122. The van der Waals surface area contributed by atoms with E-state index in [9.17, 15) is 14.0 Å². The highest BCUT2D eigenvalue weighted by atomic mass is 19.1. The Hall–Kier alpha value is -2.70. The predicted molar refractivity (Wildman–Crippen MR) is 78.8 cm³/mol. The van der Waals surface area contributed by atoms with E-state index in [4.69, 9.17) is 0 Å². The van der Waals surface area contributed by atoms with Crippen molar-refractivity contribution in [2.24, 2.45) is 5.92 Å². The van der Waals surface area contributed by atoms with Gasteiger partial charge in [-0.15, -0.1) is 0 Å². The Balaban J connectivity index is 1.74. The van der Waals surface area contributed by atoms with Crippen LogP contribution in [0.3, 0.4) is 0 Å². The number of carbonyl (C=O) groups is 2. The molecule has 0 aliphatic carbocycles. The number of benzene rings is 1. The molecule has 0 bridgehead atoms. The molecule has 0 spiro atoms. The molecule has 1 fully saturated rings. The van der Waals surface area contributed by atoms with Crippen LogP contribution in [-0.4, -0.2) is 28.6 Å². The Bertz CT molecular complexity index is 714. The van der Waals surface area contributed by atoms with E-state index in [1.165, 1.54) is 17.2 Å². The molecule has 0 saturated carbocycles. The van der Waals surface area contributed by atoms with Gasteiger partial charge in [0.2, 0.25) is 11.8 Å². The summed E-state index contributed by atoms with van der Waals surface area (Å²) < 4.78 is 14.0. The quantitative estimate of drug-likeness (QED) is 0.908. The molecular formula is C15H15FN4O2. The summed E-state index contributed by atoms with van der Waals surface area (Å²) in [5.74, 6) is -1.49. The van der Waals surface area contributed by atoms with E-state index in [1.807, 2.05) is 0 Å². The Kier molecular flexibility index (Phi) is 3.62. The number of hydrogen-bond acceptors (Lipinski definition) is 3. The molecule has 2 heterocycles. The largest absolute Gasteiger partial charge is 0.323 e. The number of nitrogens with one attached hydrogen (secondary N) is 2. The van der Waals surface area contributed by atoms with Crippen LogP contribution in [0, 0.1) is 18.7 Å². The molecule has 1 aliphatic rings. The van der Waals surface area contributed by atoms with Gasteiger partial charge in [-0.25, -0.2) is 4.39 Å².